The molecule has 23 heavy (non-hydrogen) atoms. The minimum Gasteiger partial charge on any atom is -0.495 e. The average Bonchev–Trinajstić information content (AvgIpc) is 2.46. The SMILES string of the molecule is COc1ccc(NC(=O)c2c(F)cccc2Cl)cc1NC(C)=O. The van der Waals surface area contributed by atoms with Crippen LogP contribution in [-0.4, -0.2) is 18.9 Å². The third-order valence-electron chi connectivity index (χ3n) is 2.96. The summed E-state index contributed by atoms with van der Waals surface area (Å²) in [7, 11) is 1.46. The van der Waals surface area contributed by atoms with Crippen LogP contribution >= 0.6 is 11.6 Å². The second kappa shape index (κ2) is 7.11. The zero-order valence-corrected chi connectivity index (χ0v) is 13.2. The van der Waals surface area contributed by atoms with Gasteiger partial charge in [-0.3, -0.25) is 9.59 Å². The largest absolute Gasteiger partial charge is 0.495 e. The molecule has 2 amide bonds. The van der Waals surface area contributed by atoms with Crippen molar-refractivity contribution < 1.29 is 18.7 Å². The lowest BCUT2D eigenvalue weighted by molar-refractivity contribution is -0.114. The summed E-state index contributed by atoms with van der Waals surface area (Å²) in [5, 5.41) is 5.13. The lowest BCUT2D eigenvalue weighted by Gasteiger charge is -2.12. The van der Waals surface area contributed by atoms with Gasteiger partial charge in [-0.2, -0.15) is 0 Å². The Bertz CT molecular complexity index is 745. The monoisotopic (exact) mass is 336 g/mol. The molecule has 0 aliphatic carbocycles. The smallest absolute Gasteiger partial charge is 0.260 e. The van der Waals surface area contributed by atoms with Crippen molar-refractivity contribution in [3.05, 3.63) is 52.8 Å². The van der Waals surface area contributed by atoms with Gasteiger partial charge in [0.1, 0.15) is 11.6 Å². The molecule has 0 spiro atoms. The number of hydrogen-bond donors (Lipinski definition) is 2. The number of hydrogen-bond acceptors (Lipinski definition) is 3. The first kappa shape index (κ1) is 16.8. The number of ether oxygens (including phenoxy) is 1. The zero-order chi connectivity index (χ0) is 17.0. The van der Waals surface area contributed by atoms with Crippen LogP contribution in [0.2, 0.25) is 5.02 Å². The van der Waals surface area contributed by atoms with Crippen molar-refractivity contribution >= 4 is 34.8 Å². The maximum Gasteiger partial charge on any atom is 0.260 e. The molecule has 2 rings (SSSR count). The van der Waals surface area contributed by atoms with Gasteiger partial charge in [0.15, 0.2) is 0 Å². The third kappa shape index (κ3) is 3.98. The lowest BCUT2D eigenvalue weighted by Crippen LogP contribution is -2.15. The number of halogens is 2. The summed E-state index contributed by atoms with van der Waals surface area (Å²) in [5.74, 6) is -1.26. The molecule has 0 aromatic heterocycles. The number of anilines is 2. The van der Waals surface area contributed by atoms with E-state index in [0.29, 0.717) is 17.1 Å². The number of amides is 2. The number of benzene rings is 2. The molecule has 0 aliphatic rings. The van der Waals surface area contributed by atoms with Gasteiger partial charge in [-0.25, -0.2) is 4.39 Å². The molecular formula is C16H14ClFN2O3. The highest BCUT2D eigenvalue weighted by Gasteiger charge is 2.16. The first-order valence-electron chi connectivity index (χ1n) is 6.63. The molecule has 0 fully saturated rings. The first-order valence-corrected chi connectivity index (χ1v) is 7.01. The van der Waals surface area contributed by atoms with Gasteiger partial charge in [-0.15, -0.1) is 0 Å². The fraction of sp³-hybridized carbons (Fsp3) is 0.125. The number of carbonyl (C=O) groups excluding carboxylic acids is 2. The van der Waals surface area contributed by atoms with E-state index in [4.69, 9.17) is 16.3 Å². The van der Waals surface area contributed by atoms with Gasteiger partial charge >= 0.3 is 0 Å². The van der Waals surface area contributed by atoms with Gasteiger partial charge in [0.05, 0.1) is 23.4 Å². The molecule has 0 unspecified atom stereocenters. The Labute approximate surface area is 137 Å². The summed E-state index contributed by atoms with van der Waals surface area (Å²) in [6.45, 7) is 1.35. The van der Waals surface area contributed by atoms with Crippen LogP contribution in [0.15, 0.2) is 36.4 Å². The topological polar surface area (TPSA) is 67.4 Å². The van der Waals surface area contributed by atoms with Gasteiger partial charge in [-0.05, 0) is 30.3 Å². The Kier molecular flexibility index (Phi) is 5.18. The molecule has 0 bridgehead atoms. The molecule has 2 aromatic rings. The summed E-state index contributed by atoms with van der Waals surface area (Å²) >= 11 is 5.86. The van der Waals surface area contributed by atoms with Crippen LogP contribution in [0.3, 0.4) is 0 Å². The fourth-order valence-corrected chi connectivity index (χ4v) is 2.23. The predicted octanol–water partition coefficient (Wildman–Crippen LogP) is 3.70. The Morgan fingerprint density at radius 3 is 2.52 bits per heavy atom. The maximum absolute atomic E-state index is 13.8. The normalized spacial score (nSPS) is 10.1. The van der Waals surface area contributed by atoms with Crippen LogP contribution in [0.1, 0.15) is 17.3 Å². The van der Waals surface area contributed by atoms with Crippen molar-refractivity contribution in [3.63, 3.8) is 0 Å². The van der Waals surface area contributed by atoms with E-state index in [0.717, 1.165) is 6.07 Å². The van der Waals surface area contributed by atoms with Crippen LogP contribution in [0.25, 0.3) is 0 Å². The standard InChI is InChI=1S/C16H14ClFN2O3/c1-9(21)19-13-8-10(6-7-14(13)23-2)20-16(22)15-11(17)4-3-5-12(15)18/h3-8H,1-2H3,(H,19,21)(H,20,22). The molecule has 0 radical (unpaired) electrons. The van der Waals surface area contributed by atoms with Crippen LogP contribution in [0.4, 0.5) is 15.8 Å². The quantitative estimate of drug-likeness (QED) is 0.894. The van der Waals surface area contributed by atoms with Gasteiger partial charge in [0, 0.05) is 12.6 Å². The second-order valence-electron chi connectivity index (χ2n) is 4.65. The number of rotatable bonds is 4. The van der Waals surface area contributed by atoms with Crippen molar-refractivity contribution in [2.24, 2.45) is 0 Å². The van der Waals surface area contributed by atoms with Gasteiger partial charge < -0.3 is 15.4 Å². The predicted molar refractivity (Wildman–Crippen MR) is 86.7 cm³/mol. The van der Waals surface area contributed by atoms with E-state index >= 15 is 0 Å². The van der Waals surface area contributed by atoms with Crippen molar-refractivity contribution in [3.8, 4) is 5.75 Å². The van der Waals surface area contributed by atoms with Crippen molar-refractivity contribution in [2.45, 2.75) is 6.92 Å². The highest BCUT2D eigenvalue weighted by atomic mass is 35.5. The summed E-state index contributed by atoms with van der Waals surface area (Å²) in [6.07, 6.45) is 0. The third-order valence-corrected chi connectivity index (χ3v) is 3.27. The lowest BCUT2D eigenvalue weighted by atomic mass is 10.2. The summed E-state index contributed by atoms with van der Waals surface area (Å²) in [4.78, 5) is 23.4. The summed E-state index contributed by atoms with van der Waals surface area (Å²) in [6, 6.07) is 8.64. The van der Waals surface area contributed by atoms with Crippen molar-refractivity contribution in [2.75, 3.05) is 17.7 Å². The van der Waals surface area contributed by atoms with Crippen molar-refractivity contribution in [1.29, 1.82) is 0 Å². The fourth-order valence-electron chi connectivity index (χ4n) is 1.98. The van der Waals surface area contributed by atoms with Gasteiger partial charge in [0.25, 0.3) is 5.91 Å². The minimum absolute atomic E-state index is 0.0121. The molecule has 2 N–H and O–H groups in total. The molecule has 7 heteroatoms. The van der Waals surface area contributed by atoms with E-state index in [2.05, 4.69) is 10.6 Å². The summed E-state index contributed by atoms with van der Waals surface area (Å²) in [5.41, 5.74) is 0.502. The van der Waals surface area contributed by atoms with Crippen LogP contribution in [-0.2, 0) is 4.79 Å². The zero-order valence-electron chi connectivity index (χ0n) is 12.4. The van der Waals surface area contributed by atoms with E-state index < -0.39 is 11.7 Å². The van der Waals surface area contributed by atoms with E-state index in [1.165, 1.54) is 32.2 Å². The molecule has 0 heterocycles. The molecule has 0 aliphatic heterocycles. The Balaban J connectivity index is 2.29. The van der Waals surface area contributed by atoms with E-state index in [-0.39, 0.29) is 16.5 Å². The Morgan fingerprint density at radius 2 is 1.91 bits per heavy atom. The van der Waals surface area contributed by atoms with Crippen molar-refractivity contribution in [1.82, 2.24) is 0 Å². The van der Waals surface area contributed by atoms with Crippen LogP contribution in [0.5, 0.6) is 5.75 Å². The molecule has 0 saturated heterocycles. The van der Waals surface area contributed by atoms with E-state index in [9.17, 15) is 14.0 Å². The van der Waals surface area contributed by atoms with E-state index in [1.54, 1.807) is 12.1 Å². The first-order chi connectivity index (χ1) is 10.9. The number of carbonyl (C=O) groups is 2. The second-order valence-corrected chi connectivity index (χ2v) is 5.05. The molecule has 2 aromatic carbocycles. The minimum atomic E-state index is -0.717. The van der Waals surface area contributed by atoms with E-state index in [1.807, 2.05) is 0 Å². The molecular weight excluding hydrogens is 323 g/mol. The average molecular weight is 337 g/mol. The van der Waals surface area contributed by atoms with Crippen LogP contribution in [0, 0.1) is 5.82 Å². The van der Waals surface area contributed by atoms with Gasteiger partial charge in [-0.1, -0.05) is 17.7 Å². The molecule has 0 atom stereocenters. The maximum atomic E-state index is 13.8. The molecule has 5 nitrogen and oxygen atoms in total. The molecule has 120 valence electrons. The Morgan fingerprint density at radius 1 is 1.17 bits per heavy atom. The van der Waals surface area contributed by atoms with Gasteiger partial charge in [0.2, 0.25) is 5.91 Å². The highest BCUT2D eigenvalue weighted by Crippen LogP contribution is 2.28. The van der Waals surface area contributed by atoms with Crippen LogP contribution < -0.4 is 15.4 Å². The summed E-state index contributed by atoms with van der Waals surface area (Å²) < 4.78 is 18.9. The number of nitrogens with one attached hydrogen (secondary N) is 2. The number of methoxy groups -OCH3 is 1. The highest BCUT2D eigenvalue weighted by molar-refractivity contribution is 6.34. The Hall–Kier alpha value is -2.60. The molecule has 0 saturated carbocycles.